The number of halogens is 1. The summed E-state index contributed by atoms with van der Waals surface area (Å²) in [5, 5.41) is 0.403. The largest absolute Gasteiger partial charge is 0.493 e. The predicted octanol–water partition coefficient (Wildman–Crippen LogP) is 4.54. The lowest BCUT2D eigenvalue weighted by Gasteiger charge is -2.19. The molecule has 0 radical (unpaired) electrons. The van der Waals surface area contributed by atoms with Crippen molar-refractivity contribution in [1.29, 1.82) is 0 Å². The van der Waals surface area contributed by atoms with Crippen molar-refractivity contribution in [3.8, 4) is 17.4 Å². The van der Waals surface area contributed by atoms with E-state index in [1.165, 1.54) is 0 Å². The SMILES string of the molecule is COc1ccccc1Oc1nc(C(C)(C)C)nc(Cl)c1C. The smallest absolute Gasteiger partial charge is 0.227 e. The minimum absolute atomic E-state index is 0.212. The quantitative estimate of drug-likeness (QED) is 0.781. The molecule has 2 rings (SSSR count). The van der Waals surface area contributed by atoms with Crippen LogP contribution in [0.4, 0.5) is 0 Å². The normalized spacial score (nSPS) is 11.3. The van der Waals surface area contributed by atoms with Crippen molar-refractivity contribution < 1.29 is 9.47 Å². The highest BCUT2D eigenvalue weighted by Gasteiger charge is 2.22. The molecule has 1 aromatic heterocycles. The van der Waals surface area contributed by atoms with Gasteiger partial charge >= 0.3 is 0 Å². The number of nitrogens with zero attached hydrogens (tertiary/aromatic N) is 2. The number of methoxy groups -OCH3 is 1. The van der Waals surface area contributed by atoms with Gasteiger partial charge in [-0.15, -0.1) is 0 Å². The molecule has 0 bridgehead atoms. The van der Waals surface area contributed by atoms with Gasteiger partial charge in [-0.1, -0.05) is 44.5 Å². The van der Waals surface area contributed by atoms with E-state index in [1.54, 1.807) is 7.11 Å². The second kappa shape index (κ2) is 5.90. The first-order valence-corrected chi connectivity index (χ1v) is 7.06. The molecule has 0 N–H and O–H groups in total. The third-order valence-electron chi connectivity index (χ3n) is 2.99. The highest BCUT2D eigenvalue weighted by molar-refractivity contribution is 6.30. The van der Waals surface area contributed by atoms with E-state index in [1.807, 2.05) is 52.0 Å². The van der Waals surface area contributed by atoms with Gasteiger partial charge in [-0.3, -0.25) is 0 Å². The molecule has 0 spiro atoms. The fourth-order valence-electron chi connectivity index (χ4n) is 1.71. The molecular formula is C16H19ClN2O2. The number of para-hydroxylation sites is 2. The molecule has 0 unspecified atom stereocenters. The number of hydrogen-bond donors (Lipinski definition) is 0. The number of rotatable bonds is 3. The van der Waals surface area contributed by atoms with E-state index in [4.69, 9.17) is 21.1 Å². The van der Waals surface area contributed by atoms with Gasteiger partial charge in [-0.05, 0) is 19.1 Å². The number of hydrogen-bond acceptors (Lipinski definition) is 4. The molecule has 112 valence electrons. The number of benzene rings is 1. The van der Waals surface area contributed by atoms with Crippen molar-refractivity contribution in [2.45, 2.75) is 33.1 Å². The maximum Gasteiger partial charge on any atom is 0.227 e. The molecule has 0 saturated heterocycles. The van der Waals surface area contributed by atoms with E-state index in [9.17, 15) is 0 Å². The summed E-state index contributed by atoms with van der Waals surface area (Å²) in [4.78, 5) is 8.83. The lowest BCUT2D eigenvalue weighted by Crippen LogP contribution is -2.17. The van der Waals surface area contributed by atoms with Crippen molar-refractivity contribution in [1.82, 2.24) is 9.97 Å². The van der Waals surface area contributed by atoms with Gasteiger partial charge in [0.05, 0.1) is 7.11 Å². The summed E-state index contributed by atoms with van der Waals surface area (Å²) < 4.78 is 11.2. The number of ether oxygens (including phenoxy) is 2. The standard InChI is InChI=1S/C16H19ClN2O2/c1-10-13(17)18-15(16(2,3)4)19-14(10)21-12-9-7-6-8-11(12)20-5/h6-9H,1-5H3. The Morgan fingerprint density at radius 2 is 1.67 bits per heavy atom. The van der Waals surface area contributed by atoms with Crippen LogP contribution in [0.2, 0.25) is 5.15 Å². The molecule has 0 aliphatic rings. The molecule has 0 atom stereocenters. The monoisotopic (exact) mass is 306 g/mol. The molecule has 5 heteroatoms. The van der Waals surface area contributed by atoms with E-state index < -0.39 is 0 Å². The molecule has 0 saturated carbocycles. The Kier molecular flexibility index (Phi) is 4.37. The van der Waals surface area contributed by atoms with Crippen LogP contribution in [0, 0.1) is 6.92 Å². The fraction of sp³-hybridized carbons (Fsp3) is 0.375. The molecule has 0 aliphatic carbocycles. The molecule has 1 heterocycles. The molecular weight excluding hydrogens is 288 g/mol. The first-order chi connectivity index (χ1) is 9.82. The third kappa shape index (κ3) is 3.45. The third-order valence-corrected chi connectivity index (χ3v) is 3.36. The van der Waals surface area contributed by atoms with E-state index in [2.05, 4.69) is 9.97 Å². The average Bonchev–Trinajstić information content (AvgIpc) is 2.43. The summed E-state index contributed by atoms with van der Waals surface area (Å²) in [5.41, 5.74) is 0.492. The minimum Gasteiger partial charge on any atom is -0.493 e. The minimum atomic E-state index is -0.212. The second-order valence-corrected chi connectivity index (χ2v) is 6.13. The summed E-state index contributed by atoms with van der Waals surface area (Å²) in [6.07, 6.45) is 0. The molecule has 21 heavy (non-hydrogen) atoms. The van der Waals surface area contributed by atoms with Gasteiger partial charge in [-0.25, -0.2) is 4.98 Å². The lowest BCUT2D eigenvalue weighted by molar-refractivity contribution is 0.370. The Morgan fingerprint density at radius 3 is 2.24 bits per heavy atom. The van der Waals surface area contributed by atoms with Crippen LogP contribution in [0.25, 0.3) is 0 Å². The van der Waals surface area contributed by atoms with Gasteiger partial charge < -0.3 is 9.47 Å². The zero-order valence-electron chi connectivity index (χ0n) is 12.9. The van der Waals surface area contributed by atoms with Crippen LogP contribution < -0.4 is 9.47 Å². The van der Waals surface area contributed by atoms with Crippen molar-refractivity contribution in [3.05, 3.63) is 40.8 Å². The first-order valence-electron chi connectivity index (χ1n) is 6.68. The second-order valence-electron chi connectivity index (χ2n) is 5.77. The van der Waals surface area contributed by atoms with Crippen LogP contribution in [0.3, 0.4) is 0 Å². The maximum atomic E-state index is 6.20. The van der Waals surface area contributed by atoms with Crippen LogP contribution in [-0.2, 0) is 5.41 Å². The van der Waals surface area contributed by atoms with Gasteiger partial charge in [0.15, 0.2) is 11.5 Å². The average molecular weight is 307 g/mol. The summed E-state index contributed by atoms with van der Waals surface area (Å²) in [6.45, 7) is 7.92. The summed E-state index contributed by atoms with van der Waals surface area (Å²) in [5.74, 6) is 2.33. The van der Waals surface area contributed by atoms with Crippen molar-refractivity contribution in [2.24, 2.45) is 0 Å². The Bertz CT molecular complexity index is 651. The van der Waals surface area contributed by atoms with Crippen molar-refractivity contribution in [3.63, 3.8) is 0 Å². The van der Waals surface area contributed by atoms with Crippen molar-refractivity contribution >= 4 is 11.6 Å². The van der Waals surface area contributed by atoms with E-state index in [0.29, 0.717) is 33.9 Å². The van der Waals surface area contributed by atoms with Crippen LogP contribution in [0.5, 0.6) is 17.4 Å². The predicted molar refractivity (Wildman–Crippen MR) is 83.5 cm³/mol. The van der Waals surface area contributed by atoms with E-state index >= 15 is 0 Å². The summed E-state index contributed by atoms with van der Waals surface area (Å²) in [7, 11) is 1.60. The van der Waals surface area contributed by atoms with Gasteiger partial charge in [0.2, 0.25) is 5.88 Å². The highest BCUT2D eigenvalue weighted by Crippen LogP contribution is 2.34. The van der Waals surface area contributed by atoms with Gasteiger partial charge in [0.25, 0.3) is 0 Å². The summed E-state index contributed by atoms with van der Waals surface area (Å²) >= 11 is 6.20. The molecule has 0 fully saturated rings. The topological polar surface area (TPSA) is 44.2 Å². The zero-order valence-corrected chi connectivity index (χ0v) is 13.7. The van der Waals surface area contributed by atoms with E-state index in [0.717, 1.165) is 0 Å². The maximum absolute atomic E-state index is 6.20. The van der Waals surface area contributed by atoms with E-state index in [-0.39, 0.29) is 5.41 Å². The molecule has 4 nitrogen and oxygen atoms in total. The Balaban J connectivity index is 2.46. The fourth-order valence-corrected chi connectivity index (χ4v) is 1.87. The van der Waals surface area contributed by atoms with Gasteiger partial charge in [-0.2, -0.15) is 4.98 Å². The summed E-state index contributed by atoms with van der Waals surface area (Å²) in [6, 6.07) is 7.41. The van der Waals surface area contributed by atoms with Crippen LogP contribution in [0.1, 0.15) is 32.2 Å². The first kappa shape index (κ1) is 15.6. The van der Waals surface area contributed by atoms with Gasteiger partial charge in [0.1, 0.15) is 11.0 Å². The van der Waals surface area contributed by atoms with Crippen LogP contribution >= 0.6 is 11.6 Å². The Hall–Kier alpha value is -1.81. The molecule has 1 aromatic carbocycles. The van der Waals surface area contributed by atoms with Crippen LogP contribution in [-0.4, -0.2) is 17.1 Å². The van der Waals surface area contributed by atoms with Crippen molar-refractivity contribution in [2.75, 3.05) is 7.11 Å². The molecule has 2 aromatic rings. The molecule has 0 aliphatic heterocycles. The highest BCUT2D eigenvalue weighted by atomic mass is 35.5. The lowest BCUT2D eigenvalue weighted by atomic mass is 9.96. The Morgan fingerprint density at radius 1 is 1.05 bits per heavy atom. The number of aromatic nitrogens is 2. The Labute approximate surface area is 130 Å². The van der Waals surface area contributed by atoms with Crippen LogP contribution in [0.15, 0.2) is 24.3 Å². The van der Waals surface area contributed by atoms with Gasteiger partial charge in [0, 0.05) is 11.0 Å². The zero-order chi connectivity index (χ0) is 15.6. The molecule has 0 amide bonds.